The number of methoxy groups -OCH3 is 1. The van der Waals surface area contributed by atoms with E-state index in [4.69, 9.17) is 4.74 Å². The van der Waals surface area contributed by atoms with Gasteiger partial charge in [-0.3, -0.25) is 10.1 Å². The third-order valence-corrected chi connectivity index (χ3v) is 2.88. The average Bonchev–Trinajstić information content (AvgIpc) is 2.47. The fourth-order valence-corrected chi connectivity index (χ4v) is 1.83. The van der Waals surface area contributed by atoms with Crippen LogP contribution in [0.2, 0.25) is 0 Å². The second-order valence-corrected chi connectivity index (χ2v) is 4.48. The SMILES string of the molecule is COc1cc(C)nc(NCCc2ccc([N+](=O)[O-])cc2)n1. The number of rotatable bonds is 6. The van der Waals surface area contributed by atoms with Gasteiger partial charge in [0.25, 0.3) is 5.69 Å². The van der Waals surface area contributed by atoms with E-state index in [1.165, 1.54) is 12.1 Å². The van der Waals surface area contributed by atoms with Crippen LogP contribution in [0.4, 0.5) is 11.6 Å². The van der Waals surface area contributed by atoms with Crippen molar-refractivity contribution in [3.63, 3.8) is 0 Å². The summed E-state index contributed by atoms with van der Waals surface area (Å²) in [5, 5.41) is 13.7. The lowest BCUT2D eigenvalue weighted by molar-refractivity contribution is -0.384. The van der Waals surface area contributed by atoms with Crippen LogP contribution < -0.4 is 10.1 Å². The van der Waals surface area contributed by atoms with Crippen molar-refractivity contribution in [2.24, 2.45) is 0 Å². The summed E-state index contributed by atoms with van der Waals surface area (Å²) in [5.74, 6) is 1.02. The molecule has 1 N–H and O–H groups in total. The van der Waals surface area contributed by atoms with Crippen LogP contribution >= 0.6 is 0 Å². The molecule has 2 aromatic rings. The lowest BCUT2D eigenvalue weighted by Crippen LogP contribution is -2.09. The van der Waals surface area contributed by atoms with E-state index in [-0.39, 0.29) is 5.69 Å². The molecule has 21 heavy (non-hydrogen) atoms. The number of non-ortho nitro benzene ring substituents is 1. The molecule has 0 radical (unpaired) electrons. The van der Waals surface area contributed by atoms with Crippen LogP contribution in [-0.2, 0) is 6.42 Å². The van der Waals surface area contributed by atoms with E-state index in [1.807, 2.05) is 6.92 Å². The number of aryl methyl sites for hydroxylation is 1. The number of anilines is 1. The van der Waals surface area contributed by atoms with Crippen molar-refractivity contribution in [1.29, 1.82) is 0 Å². The first-order valence-corrected chi connectivity index (χ1v) is 6.45. The number of nitrogens with one attached hydrogen (secondary N) is 1. The van der Waals surface area contributed by atoms with Gasteiger partial charge in [0.15, 0.2) is 0 Å². The van der Waals surface area contributed by atoms with Crippen LogP contribution in [-0.4, -0.2) is 28.5 Å². The van der Waals surface area contributed by atoms with Gasteiger partial charge in [0.1, 0.15) is 0 Å². The van der Waals surface area contributed by atoms with E-state index in [2.05, 4.69) is 15.3 Å². The highest BCUT2D eigenvalue weighted by Crippen LogP contribution is 2.13. The fraction of sp³-hybridized carbons (Fsp3) is 0.286. The monoisotopic (exact) mass is 288 g/mol. The quantitative estimate of drug-likeness (QED) is 0.648. The standard InChI is InChI=1S/C14H16N4O3/c1-10-9-13(21-2)17-14(16-10)15-8-7-11-3-5-12(6-4-11)18(19)20/h3-6,9H,7-8H2,1-2H3,(H,15,16,17). The minimum atomic E-state index is -0.408. The first-order chi connectivity index (χ1) is 10.1. The van der Waals surface area contributed by atoms with Crippen LogP contribution in [0, 0.1) is 17.0 Å². The molecule has 0 aliphatic carbocycles. The minimum absolute atomic E-state index is 0.0958. The molecule has 1 aromatic heterocycles. The zero-order valence-electron chi connectivity index (χ0n) is 11.9. The van der Waals surface area contributed by atoms with Crippen LogP contribution in [0.15, 0.2) is 30.3 Å². The number of nitro benzene ring substituents is 1. The topological polar surface area (TPSA) is 90.2 Å². The number of nitro groups is 1. The molecule has 0 bridgehead atoms. The predicted molar refractivity (Wildman–Crippen MR) is 78.6 cm³/mol. The first kappa shape index (κ1) is 14.7. The van der Waals surface area contributed by atoms with Crippen molar-refractivity contribution in [2.75, 3.05) is 19.0 Å². The summed E-state index contributed by atoms with van der Waals surface area (Å²) in [4.78, 5) is 18.6. The first-order valence-electron chi connectivity index (χ1n) is 6.45. The van der Waals surface area contributed by atoms with E-state index in [9.17, 15) is 10.1 Å². The molecule has 0 saturated carbocycles. The Morgan fingerprint density at radius 2 is 2.00 bits per heavy atom. The molecule has 0 saturated heterocycles. The summed E-state index contributed by atoms with van der Waals surface area (Å²) in [5.41, 5.74) is 1.92. The lowest BCUT2D eigenvalue weighted by Gasteiger charge is -2.07. The Morgan fingerprint density at radius 3 is 2.62 bits per heavy atom. The van der Waals surface area contributed by atoms with Crippen molar-refractivity contribution in [3.8, 4) is 5.88 Å². The Hall–Kier alpha value is -2.70. The highest BCUT2D eigenvalue weighted by atomic mass is 16.6. The molecular weight excluding hydrogens is 272 g/mol. The van der Waals surface area contributed by atoms with Gasteiger partial charge in [-0.2, -0.15) is 4.98 Å². The summed E-state index contributed by atoms with van der Waals surface area (Å²) in [6.45, 7) is 2.50. The maximum absolute atomic E-state index is 10.6. The van der Waals surface area contributed by atoms with Gasteiger partial charge in [0.2, 0.25) is 11.8 Å². The largest absolute Gasteiger partial charge is 0.481 e. The second kappa shape index (κ2) is 6.65. The van der Waals surface area contributed by atoms with Gasteiger partial charge < -0.3 is 10.1 Å². The molecule has 2 rings (SSSR count). The van der Waals surface area contributed by atoms with Gasteiger partial charge in [-0.1, -0.05) is 12.1 Å². The normalized spacial score (nSPS) is 10.2. The molecule has 0 amide bonds. The number of hydrogen-bond acceptors (Lipinski definition) is 6. The number of hydrogen-bond donors (Lipinski definition) is 1. The Labute approximate surface area is 122 Å². The van der Waals surface area contributed by atoms with Crippen LogP contribution in [0.1, 0.15) is 11.3 Å². The van der Waals surface area contributed by atoms with Crippen LogP contribution in [0.25, 0.3) is 0 Å². The molecule has 7 heteroatoms. The molecule has 0 spiro atoms. The number of nitrogens with zero attached hydrogens (tertiary/aromatic N) is 3. The van der Waals surface area contributed by atoms with Gasteiger partial charge in [-0.15, -0.1) is 0 Å². The van der Waals surface area contributed by atoms with E-state index < -0.39 is 4.92 Å². The maximum Gasteiger partial charge on any atom is 0.269 e. The summed E-state index contributed by atoms with van der Waals surface area (Å²) < 4.78 is 5.08. The van der Waals surface area contributed by atoms with E-state index in [1.54, 1.807) is 25.3 Å². The molecule has 0 aliphatic heterocycles. The maximum atomic E-state index is 10.6. The summed E-state index contributed by atoms with van der Waals surface area (Å²) in [7, 11) is 1.56. The van der Waals surface area contributed by atoms with Gasteiger partial charge in [-0.05, 0) is 18.9 Å². The highest BCUT2D eigenvalue weighted by molar-refractivity contribution is 5.34. The van der Waals surface area contributed by atoms with Gasteiger partial charge in [0, 0.05) is 30.4 Å². The van der Waals surface area contributed by atoms with E-state index in [0.717, 1.165) is 17.7 Å². The van der Waals surface area contributed by atoms with Gasteiger partial charge >= 0.3 is 0 Å². The summed E-state index contributed by atoms with van der Waals surface area (Å²) in [6, 6.07) is 8.25. The Balaban J connectivity index is 1.92. The fourth-order valence-electron chi connectivity index (χ4n) is 1.83. The highest BCUT2D eigenvalue weighted by Gasteiger charge is 2.05. The van der Waals surface area contributed by atoms with Crippen LogP contribution in [0.5, 0.6) is 5.88 Å². The van der Waals surface area contributed by atoms with E-state index in [0.29, 0.717) is 18.4 Å². The smallest absolute Gasteiger partial charge is 0.269 e. The molecule has 0 atom stereocenters. The second-order valence-electron chi connectivity index (χ2n) is 4.48. The Bertz CT molecular complexity index is 629. The van der Waals surface area contributed by atoms with Crippen molar-refractivity contribution in [3.05, 3.63) is 51.7 Å². The molecule has 7 nitrogen and oxygen atoms in total. The number of ether oxygens (including phenoxy) is 1. The van der Waals surface area contributed by atoms with Crippen molar-refractivity contribution < 1.29 is 9.66 Å². The Morgan fingerprint density at radius 1 is 1.29 bits per heavy atom. The predicted octanol–water partition coefficient (Wildman–Crippen LogP) is 2.36. The van der Waals surface area contributed by atoms with Crippen molar-refractivity contribution >= 4 is 11.6 Å². The number of aromatic nitrogens is 2. The van der Waals surface area contributed by atoms with Gasteiger partial charge in [0.05, 0.1) is 12.0 Å². The molecule has 0 aliphatic rings. The molecule has 0 unspecified atom stereocenters. The summed E-state index contributed by atoms with van der Waals surface area (Å²) >= 11 is 0. The van der Waals surface area contributed by atoms with Crippen LogP contribution in [0.3, 0.4) is 0 Å². The molecule has 110 valence electrons. The summed E-state index contributed by atoms with van der Waals surface area (Å²) in [6.07, 6.45) is 0.720. The van der Waals surface area contributed by atoms with Crippen molar-refractivity contribution in [1.82, 2.24) is 9.97 Å². The third kappa shape index (κ3) is 4.13. The molecule has 1 heterocycles. The molecular formula is C14H16N4O3. The lowest BCUT2D eigenvalue weighted by atomic mass is 10.1. The number of benzene rings is 1. The average molecular weight is 288 g/mol. The Kier molecular flexibility index (Phi) is 4.65. The zero-order chi connectivity index (χ0) is 15.2. The van der Waals surface area contributed by atoms with Crippen molar-refractivity contribution in [2.45, 2.75) is 13.3 Å². The van der Waals surface area contributed by atoms with E-state index >= 15 is 0 Å². The molecule has 0 fully saturated rings. The zero-order valence-corrected chi connectivity index (χ0v) is 11.9. The van der Waals surface area contributed by atoms with Gasteiger partial charge in [-0.25, -0.2) is 4.98 Å². The molecule has 1 aromatic carbocycles. The minimum Gasteiger partial charge on any atom is -0.481 e. The third-order valence-electron chi connectivity index (χ3n) is 2.88.